The molecule has 4 atom stereocenters. The summed E-state index contributed by atoms with van der Waals surface area (Å²) in [5.74, 6) is -1.25. The Hall–Kier alpha value is -2.21. The quantitative estimate of drug-likeness (QED) is 0.794. The number of rotatable bonds is 1. The normalized spacial score (nSPS) is 37.9. The minimum absolute atomic E-state index is 0.412. The molecule has 0 spiro atoms. The molecule has 3 aliphatic rings. The van der Waals surface area contributed by atoms with Gasteiger partial charge in [0, 0.05) is 27.1 Å². The summed E-state index contributed by atoms with van der Waals surface area (Å²) >= 11 is 0. The van der Waals surface area contributed by atoms with Gasteiger partial charge in [0.05, 0.1) is 6.04 Å². The van der Waals surface area contributed by atoms with Crippen LogP contribution in [0.15, 0.2) is 30.3 Å². The number of amides is 3. The number of halogens is 1. The van der Waals surface area contributed by atoms with Crippen LogP contribution in [0.2, 0.25) is 0 Å². The lowest BCUT2D eigenvalue weighted by molar-refractivity contribution is -0.235. The third kappa shape index (κ3) is 1.32. The SMILES string of the molecule is CO[C@]12C=Cc3ccccc3[C@@H]1[C@H]1N(C)C(=O)N(C)C(=O)[C@]12F. The van der Waals surface area contributed by atoms with Gasteiger partial charge in [-0.2, -0.15) is 0 Å². The number of likely N-dealkylation sites (N-methyl/N-ethyl adjacent to an activating group) is 1. The van der Waals surface area contributed by atoms with Crippen LogP contribution < -0.4 is 0 Å². The molecule has 0 N–H and O–H groups in total. The Labute approximate surface area is 133 Å². The molecule has 2 fully saturated rings. The number of methoxy groups -OCH3 is 1. The van der Waals surface area contributed by atoms with Crippen LogP contribution in [0.1, 0.15) is 17.0 Å². The summed E-state index contributed by atoms with van der Waals surface area (Å²) in [6.45, 7) is 0. The van der Waals surface area contributed by atoms with Gasteiger partial charge in [-0.25, -0.2) is 9.18 Å². The van der Waals surface area contributed by atoms with Crippen LogP contribution >= 0.6 is 0 Å². The van der Waals surface area contributed by atoms with E-state index in [1.165, 1.54) is 26.1 Å². The molecule has 120 valence electrons. The second kappa shape index (κ2) is 4.20. The zero-order valence-corrected chi connectivity index (χ0v) is 13.1. The fourth-order valence-corrected chi connectivity index (χ4v) is 4.43. The summed E-state index contributed by atoms with van der Waals surface area (Å²) < 4.78 is 21.5. The fourth-order valence-electron chi connectivity index (χ4n) is 4.43. The smallest absolute Gasteiger partial charge is 0.326 e. The molecule has 1 aromatic rings. The molecule has 4 rings (SSSR count). The molecule has 23 heavy (non-hydrogen) atoms. The molecule has 1 saturated carbocycles. The highest BCUT2D eigenvalue weighted by molar-refractivity contribution is 6.05. The molecule has 6 heteroatoms. The van der Waals surface area contributed by atoms with Crippen LogP contribution in [0.3, 0.4) is 0 Å². The van der Waals surface area contributed by atoms with Crippen LogP contribution in [0.5, 0.6) is 0 Å². The van der Waals surface area contributed by atoms with Gasteiger partial charge >= 0.3 is 6.03 Å². The Balaban J connectivity index is 1.95. The van der Waals surface area contributed by atoms with Crippen molar-refractivity contribution < 1.29 is 18.7 Å². The first-order chi connectivity index (χ1) is 10.9. The minimum Gasteiger partial charge on any atom is -0.369 e. The van der Waals surface area contributed by atoms with E-state index in [4.69, 9.17) is 4.74 Å². The number of hydrogen-bond donors (Lipinski definition) is 0. The highest BCUT2D eigenvalue weighted by Gasteiger charge is 2.82. The molecule has 1 heterocycles. The van der Waals surface area contributed by atoms with Gasteiger partial charge in [-0.3, -0.25) is 9.69 Å². The Morgan fingerprint density at radius 3 is 2.61 bits per heavy atom. The van der Waals surface area contributed by atoms with Crippen LogP contribution in [-0.4, -0.2) is 60.3 Å². The molecule has 0 bridgehead atoms. The summed E-state index contributed by atoms with van der Waals surface area (Å²) in [4.78, 5) is 27.0. The van der Waals surface area contributed by atoms with Crippen molar-refractivity contribution >= 4 is 18.0 Å². The van der Waals surface area contributed by atoms with Gasteiger partial charge in [0.25, 0.3) is 5.91 Å². The number of nitrogens with zero attached hydrogens (tertiary/aromatic N) is 2. The van der Waals surface area contributed by atoms with Gasteiger partial charge < -0.3 is 9.64 Å². The first-order valence-electron chi connectivity index (χ1n) is 7.47. The van der Waals surface area contributed by atoms with E-state index in [0.717, 1.165) is 16.0 Å². The van der Waals surface area contributed by atoms with Crippen molar-refractivity contribution in [3.63, 3.8) is 0 Å². The van der Waals surface area contributed by atoms with Crippen molar-refractivity contribution in [2.24, 2.45) is 0 Å². The Bertz CT molecular complexity index is 764. The number of alkyl halides is 1. The maximum atomic E-state index is 15.9. The lowest BCUT2D eigenvalue weighted by atomic mass is 9.49. The van der Waals surface area contributed by atoms with Gasteiger partial charge in [0.1, 0.15) is 5.60 Å². The standard InChI is InChI=1S/C17H17FN2O3/c1-19-13-12-11-7-5-4-6-10(11)8-9-16(12,23-3)17(13,18)14(21)20(2)15(19)22/h4-9,12-13H,1-3H3/t12-,13-,16-,17-/m1/s1. The zero-order chi connectivity index (χ0) is 16.6. The maximum Gasteiger partial charge on any atom is 0.326 e. The summed E-state index contributed by atoms with van der Waals surface area (Å²) in [6, 6.07) is 6.24. The summed E-state index contributed by atoms with van der Waals surface area (Å²) in [5.41, 5.74) is -1.81. The van der Waals surface area contributed by atoms with Crippen molar-refractivity contribution in [2.75, 3.05) is 21.2 Å². The third-order valence-corrected chi connectivity index (χ3v) is 5.56. The van der Waals surface area contributed by atoms with E-state index >= 15 is 4.39 Å². The molecule has 1 aromatic carbocycles. The number of carbonyl (C=O) groups excluding carboxylic acids is 2. The first-order valence-corrected chi connectivity index (χ1v) is 7.47. The molecular formula is C17H17FN2O3. The molecule has 0 aromatic heterocycles. The summed E-state index contributed by atoms with van der Waals surface area (Å²) in [5, 5.41) is 0. The Morgan fingerprint density at radius 1 is 1.22 bits per heavy atom. The van der Waals surface area contributed by atoms with Gasteiger partial charge in [-0.15, -0.1) is 0 Å². The molecule has 5 nitrogen and oxygen atoms in total. The largest absolute Gasteiger partial charge is 0.369 e. The van der Waals surface area contributed by atoms with E-state index < -0.39 is 35.2 Å². The molecule has 3 amide bonds. The average molecular weight is 316 g/mol. The summed E-state index contributed by atoms with van der Waals surface area (Å²) in [7, 11) is 4.24. The van der Waals surface area contributed by atoms with E-state index in [-0.39, 0.29) is 0 Å². The number of imide groups is 1. The van der Waals surface area contributed by atoms with E-state index in [1.54, 1.807) is 12.2 Å². The van der Waals surface area contributed by atoms with Crippen LogP contribution in [-0.2, 0) is 9.53 Å². The monoisotopic (exact) mass is 316 g/mol. The fraction of sp³-hybridized carbons (Fsp3) is 0.412. The predicted octanol–water partition coefficient (Wildman–Crippen LogP) is 1.80. The number of fused-ring (bicyclic) bond motifs is 6. The molecular weight excluding hydrogens is 299 g/mol. The zero-order valence-electron chi connectivity index (χ0n) is 13.1. The molecule has 2 aliphatic carbocycles. The highest BCUT2D eigenvalue weighted by atomic mass is 19.1. The molecule has 1 aliphatic heterocycles. The van der Waals surface area contributed by atoms with Crippen molar-refractivity contribution in [1.29, 1.82) is 0 Å². The van der Waals surface area contributed by atoms with Gasteiger partial charge in [0.15, 0.2) is 0 Å². The van der Waals surface area contributed by atoms with E-state index in [0.29, 0.717) is 0 Å². The summed E-state index contributed by atoms with van der Waals surface area (Å²) in [6.07, 6.45) is 3.42. The van der Waals surface area contributed by atoms with E-state index in [9.17, 15) is 9.59 Å². The Morgan fingerprint density at radius 2 is 1.91 bits per heavy atom. The van der Waals surface area contributed by atoms with Crippen molar-refractivity contribution in [2.45, 2.75) is 23.2 Å². The third-order valence-electron chi connectivity index (χ3n) is 5.56. The highest BCUT2D eigenvalue weighted by Crippen LogP contribution is 2.64. The van der Waals surface area contributed by atoms with Gasteiger partial charge in [0.2, 0.25) is 5.67 Å². The number of hydrogen-bond acceptors (Lipinski definition) is 3. The maximum absolute atomic E-state index is 15.9. The topological polar surface area (TPSA) is 49.9 Å². The predicted molar refractivity (Wildman–Crippen MR) is 81.5 cm³/mol. The van der Waals surface area contributed by atoms with Gasteiger partial charge in [-0.05, 0) is 17.2 Å². The molecule has 0 unspecified atom stereocenters. The van der Waals surface area contributed by atoms with E-state index in [2.05, 4.69) is 0 Å². The van der Waals surface area contributed by atoms with E-state index in [1.807, 2.05) is 24.3 Å². The number of ether oxygens (including phenoxy) is 1. The second-order valence-corrected chi connectivity index (χ2v) is 6.35. The molecule has 0 radical (unpaired) electrons. The average Bonchev–Trinajstić information content (AvgIpc) is 2.57. The van der Waals surface area contributed by atoms with Crippen LogP contribution in [0.4, 0.5) is 9.18 Å². The van der Waals surface area contributed by atoms with Crippen molar-refractivity contribution in [3.8, 4) is 0 Å². The van der Waals surface area contributed by atoms with Crippen molar-refractivity contribution in [3.05, 3.63) is 41.5 Å². The van der Waals surface area contributed by atoms with Gasteiger partial charge in [-0.1, -0.05) is 30.3 Å². The number of benzene rings is 1. The number of carbonyl (C=O) groups is 2. The minimum atomic E-state index is -2.28. The van der Waals surface area contributed by atoms with Crippen LogP contribution in [0.25, 0.3) is 6.08 Å². The second-order valence-electron chi connectivity index (χ2n) is 6.35. The lowest BCUT2D eigenvalue weighted by Crippen LogP contribution is -2.87. The van der Waals surface area contributed by atoms with Crippen LogP contribution in [0, 0.1) is 0 Å². The Kier molecular flexibility index (Phi) is 2.63. The molecule has 1 saturated heterocycles. The first kappa shape index (κ1) is 14.4. The van der Waals surface area contributed by atoms with Crippen molar-refractivity contribution in [1.82, 2.24) is 9.80 Å². The lowest BCUT2D eigenvalue weighted by Gasteiger charge is -2.67. The number of urea groups is 1.